The molecular weight excluding hydrogens is 552 g/mol. The van der Waals surface area contributed by atoms with Crippen LogP contribution < -0.4 is 9.47 Å². The van der Waals surface area contributed by atoms with Crippen LogP contribution in [0, 0.1) is 0 Å². The van der Waals surface area contributed by atoms with Crippen molar-refractivity contribution in [3.8, 4) is 46.0 Å². The Labute approximate surface area is 247 Å². The molecule has 0 aliphatic carbocycles. The first kappa shape index (κ1) is 27.8. The molecule has 0 saturated heterocycles. The molecule has 6 N–H and O–H groups in total. The predicted molar refractivity (Wildman–Crippen MR) is 156 cm³/mol. The number of carbonyl (C=O) groups excluding carboxylic acids is 1. The van der Waals surface area contributed by atoms with Gasteiger partial charge in [-0.25, -0.2) is 0 Å². The van der Waals surface area contributed by atoms with Gasteiger partial charge >= 0.3 is 0 Å². The normalized spacial score (nSPS) is 18.7. The highest BCUT2D eigenvalue weighted by Crippen LogP contribution is 2.54. The van der Waals surface area contributed by atoms with Crippen LogP contribution in [-0.4, -0.2) is 36.4 Å². The van der Waals surface area contributed by atoms with Gasteiger partial charge in [-0.2, -0.15) is 0 Å². The van der Waals surface area contributed by atoms with Crippen molar-refractivity contribution in [2.45, 2.75) is 44.8 Å². The second kappa shape index (κ2) is 10.5. The molecule has 0 aromatic heterocycles. The van der Waals surface area contributed by atoms with Crippen LogP contribution in [0.1, 0.15) is 76.6 Å². The van der Waals surface area contributed by atoms with Gasteiger partial charge in [0.15, 0.2) is 5.78 Å². The van der Waals surface area contributed by atoms with Crippen molar-refractivity contribution in [2.75, 3.05) is 0 Å². The Bertz CT molecular complexity index is 1770. The molecule has 2 aliphatic heterocycles. The van der Waals surface area contributed by atoms with Gasteiger partial charge in [0.25, 0.3) is 0 Å². The molecule has 4 aromatic rings. The van der Waals surface area contributed by atoms with E-state index >= 15 is 0 Å². The Kier molecular flexibility index (Phi) is 6.80. The van der Waals surface area contributed by atoms with Gasteiger partial charge in [0.1, 0.15) is 63.8 Å². The van der Waals surface area contributed by atoms with Crippen LogP contribution in [0.2, 0.25) is 0 Å². The van der Waals surface area contributed by atoms with Gasteiger partial charge in [0, 0.05) is 34.9 Å². The number of hydrogen-bond acceptors (Lipinski definition) is 9. The smallest absolute Gasteiger partial charge is 0.174 e. The molecule has 0 spiro atoms. The number of aromatic hydroxyl groups is 6. The lowest BCUT2D eigenvalue weighted by molar-refractivity contribution is 0.0839. The van der Waals surface area contributed by atoms with Crippen molar-refractivity contribution in [1.29, 1.82) is 0 Å². The van der Waals surface area contributed by atoms with E-state index in [-0.39, 0.29) is 64.2 Å². The third-order valence-electron chi connectivity index (χ3n) is 7.87. The largest absolute Gasteiger partial charge is 0.508 e. The quantitative estimate of drug-likeness (QED) is 0.147. The van der Waals surface area contributed by atoms with E-state index in [0.29, 0.717) is 28.0 Å². The van der Waals surface area contributed by atoms with Crippen molar-refractivity contribution >= 4 is 5.78 Å². The molecule has 0 radical (unpaired) electrons. The molecule has 6 rings (SSSR count). The van der Waals surface area contributed by atoms with Crippen LogP contribution in [0.5, 0.6) is 46.0 Å². The number of phenolic OH excluding ortho intramolecular Hbond substituents is 6. The van der Waals surface area contributed by atoms with Gasteiger partial charge in [-0.3, -0.25) is 4.79 Å². The van der Waals surface area contributed by atoms with E-state index in [1.165, 1.54) is 36.4 Å². The first-order chi connectivity index (χ1) is 20.5. The van der Waals surface area contributed by atoms with Gasteiger partial charge in [0.2, 0.25) is 0 Å². The molecule has 0 saturated carbocycles. The van der Waals surface area contributed by atoms with E-state index in [2.05, 4.69) is 0 Å². The zero-order valence-corrected chi connectivity index (χ0v) is 23.4. The minimum atomic E-state index is -0.956. The maximum absolute atomic E-state index is 13.3. The number of ether oxygens (including phenoxy) is 2. The lowest BCUT2D eigenvalue weighted by Crippen LogP contribution is -2.22. The lowest BCUT2D eigenvalue weighted by atomic mass is 9.83. The summed E-state index contributed by atoms with van der Waals surface area (Å²) >= 11 is 0. The topological polar surface area (TPSA) is 157 Å². The zero-order valence-electron chi connectivity index (χ0n) is 23.4. The summed E-state index contributed by atoms with van der Waals surface area (Å²) in [5, 5.41) is 62.7. The molecule has 43 heavy (non-hydrogen) atoms. The Morgan fingerprint density at radius 1 is 0.767 bits per heavy atom. The van der Waals surface area contributed by atoms with E-state index in [9.17, 15) is 35.4 Å². The molecule has 9 heteroatoms. The summed E-state index contributed by atoms with van der Waals surface area (Å²) in [5.74, 6) is -1.55. The minimum absolute atomic E-state index is 0.0179. The third kappa shape index (κ3) is 5.03. The maximum Gasteiger partial charge on any atom is 0.174 e. The monoisotopic (exact) mass is 582 g/mol. The fourth-order valence-electron chi connectivity index (χ4n) is 5.85. The number of benzene rings is 4. The highest BCUT2D eigenvalue weighted by Gasteiger charge is 2.40. The maximum atomic E-state index is 13.3. The van der Waals surface area contributed by atoms with Crippen LogP contribution in [0.15, 0.2) is 72.3 Å². The molecule has 0 fully saturated rings. The van der Waals surface area contributed by atoms with E-state index < -0.39 is 23.9 Å². The Morgan fingerprint density at radius 2 is 1.47 bits per heavy atom. The molecule has 0 amide bonds. The highest BCUT2D eigenvalue weighted by molar-refractivity contribution is 6.03. The van der Waals surface area contributed by atoms with Crippen LogP contribution in [0.25, 0.3) is 0 Å². The second-order valence-electron chi connectivity index (χ2n) is 11.2. The average molecular weight is 583 g/mol. The van der Waals surface area contributed by atoms with Crippen molar-refractivity contribution in [3.63, 3.8) is 0 Å². The Balaban J connectivity index is 1.46. The number of carbonyl (C=O) groups is 1. The summed E-state index contributed by atoms with van der Waals surface area (Å²) in [7, 11) is 0. The average Bonchev–Trinajstić information content (AvgIpc) is 3.29. The molecule has 2 aliphatic rings. The van der Waals surface area contributed by atoms with E-state index in [1.807, 2.05) is 19.9 Å². The number of fused-ring (bicyclic) bond motifs is 2. The van der Waals surface area contributed by atoms with Crippen molar-refractivity contribution in [3.05, 3.63) is 106 Å². The van der Waals surface area contributed by atoms with Crippen molar-refractivity contribution < 1.29 is 44.9 Å². The molecular formula is C34H30O9. The predicted octanol–water partition coefficient (Wildman–Crippen LogP) is 6.40. The first-order valence-corrected chi connectivity index (χ1v) is 13.8. The molecule has 4 aromatic carbocycles. The van der Waals surface area contributed by atoms with Gasteiger partial charge < -0.3 is 40.1 Å². The number of ketones is 1. The summed E-state index contributed by atoms with van der Waals surface area (Å²) in [6.45, 7) is 3.80. The first-order valence-electron chi connectivity index (χ1n) is 13.8. The molecule has 1 unspecified atom stereocenters. The Morgan fingerprint density at radius 3 is 2.14 bits per heavy atom. The van der Waals surface area contributed by atoms with Crippen molar-refractivity contribution in [2.24, 2.45) is 0 Å². The number of Topliss-reactive ketones (excluding diaryl/α,β-unsaturated/α-hetero) is 1. The van der Waals surface area contributed by atoms with Crippen LogP contribution in [-0.2, 0) is 6.42 Å². The molecule has 220 valence electrons. The van der Waals surface area contributed by atoms with Crippen LogP contribution >= 0.6 is 0 Å². The fraction of sp³-hybridized carbons (Fsp3) is 0.206. The zero-order chi connectivity index (χ0) is 30.6. The molecule has 2 heterocycles. The van der Waals surface area contributed by atoms with Crippen LogP contribution in [0.3, 0.4) is 0 Å². The number of hydrogen-bond donors (Lipinski definition) is 6. The molecule has 0 bridgehead atoms. The number of phenols is 6. The summed E-state index contributed by atoms with van der Waals surface area (Å²) in [4.78, 5) is 13.3. The number of allylic oxidation sites excluding steroid dienone is 2. The van der Waals surface area contributed by atoms with Crippen LogP contribution in [0.4, 0.5) is 0 Å². The van der Waals surface area contributed by atoms with Crippen molar-refractivity contribution in [1.82, 2.24) is 0 Å². The summed E-state index contributed by atoms with van der Waals surface area (Å²) in [6.07, 6.45) is 0.346. The summed E-state index contributed by atoms with van der Waals surface area (Å²) in [6, 6.07) is 15.0. The highest BCUT2D eigenvalue weighted by atomic mass is 16.5. The Hall–Kier alpha value is -5.31. The summed E-state index contributed by atoms with van der Waals surface area (Å²) < 4.78 is 12.6. The van der Waals surface area contributed by atoms with Gasteiger partial charge in [-0.1, -0.05) is 23.8 Å². The van der Waals surface area contributed by atoms with E-state index in [0.717, 1.165) is 11.6 Å². The van der Waals surface area contributed by atoms with E-state index in [1.54, 1.807) is 18.2 Å². The molecule has 3 atom stereocenters. The fourth-order valence-corrected chi connectivity index (χ4v) is 5.85. The number of rotatable bonds is 5. The molecule has 9 nitrogen and oxygen atoms in total. The lowest BCUT2D eigenvalue weighted by Gasteiger charge is -2.29. The van der Waals surface area contributed by atoms with Gasteiger partial charge in [0.05, 0.1) is 12.3 Å². The SMILES string of the molecule is CC(C)=CCc1c(O)cc(O)c2c1OC(c1cc3c(cc1O)O[C@@H](c1ccc(O)cc1)[C@@H]3c1cc(O)cc(O)c1)CC2=O. The van der Waals surface area contributed by atoms with Gasteiger partial charge in [-0.15, -0.1) is 0 Å². The standard InChI is InChI=1S/C34H30O9/c1-16(2)3-8-22-25(38)13-27(40)32-28(41)15-29(43-34(22)32)23-12-24-30(14-26(23)39)42-33(17-4-6-19(35)7-5-17)31(24)18-9-20(36)11-21(37)10-18/h3-7,9-14,29,31,33,35-40H,8,15H2,1-2H3/t29?,31-,33+/m1/s1. The van der Waals surface area contributed by atoms with Gasteiger partial charge in [-0.05, 0) is 61.7 Å². The minimum Gasteiger partial charge on any atom is -0.508 e. The third-order valence-corrected chi connectivity index (χ3v) is 7.87. The van der Waals surface area contributed by atoms with E-state index in [4.69, 9.17) is 9.47 Å². The second-order valence-corrected chi connectivity index (χ2v) is 11.2. The summed E-state index contributed by atoms with van der Waals surface area (Å²) in [5.41, 5.74) is 3.46.